The number of hydrogen-bond acceptors (Lipinski definition) is 3. The van der Waals surface area contributed by atoms with Crippen LogP contribution in [0.1, 0.15) is 61.4 Å². The monoisotopic (exact) mass is 419 g/mol. The molecule has 2 aromatic carbocycles. The van der Waals surface area contributed by atoms with Crippen molar-refractivity contribution in [3.8, 4) is 0 Å². The summed E-state index contributed by atoms with van der Waals surface area (Å²) in [5.74, 6) is -0.352. The summed E-state index contributed by atoms with van der Waals surface area (Å²) < 4.78 is 0. The minimum Gasteiger partial charge on any atom is -0.349 e. The van der Waals surface area contributed by atoms with Crippen molar-refractivity contribution in [3.63, 3.8) is 0 Å². The highest BCUT2D eigenvalue weighted by molar-refractivity contribution is 6.04. The number of nitrogens with one attached hydrogen (secondary N) is 2. The number of carbonyl (C=O) groups excluding carboxylic acids is 3. The molecule has 162 valence electrons. The summed E-state index contributed by atoms with van der Waals surface area (Å²) in [5, 5.41) is 5.84. The van der Waals surface area contributed by atoms with Crippen molar-refractivity contribution < 1.29 is 14.4 Å². The van der Waals surface area contributed by atoms with Crippen LogP contribution in [0.5, 0.6) is 0 Å². The molecule has 1 saturated carbocycles. The van der Waals surface area contributed by atoms with Gasteiger partial charge in [-0.2, -0.15) is 0 Å². The molecule has 3 amide bonds. The number of anilines is 2. The minimum absolute atomic E-state index is 0.0250. The van der Waals surface area contributed by atoms with E-state index in [0.717, 1.165) is 30.5 Å². The van der Waals surface area contributed by atoms with Crippen molar-refractivity contribution in [1.82, 2.24) is 5.32 Å². The van der Waals surface area contributed by atoms with Gasteiger partial charge in [0.15, 0.2) is 0 Å². The third-order valence-corrected chi connectivity index (χ3v) is 6.19. The van der Waals surface area contributed by atoms with Crippen LogP contribution in [0.15, 0.2) is 48.5 Å². The van der Waals surface area contributed by atoms with Crippen molar-refractivity contribution in [1.29, 1.82) is 0 Å². The molecule has 2 aromatic rings. The lowest BCUT2D eigenvalue weighted by atomic mass is 9.96. The van der Waals surface area contributed by atoms with Gasteiger partial charge in [-0.15, -0.1) is 0 Å². The molecule has 2 N–H and O–H groups in total. The second kappa shape index (κ2) is 8.92. The van der Waals surface area contributed by atoms with Gasteiger partial charge in [0.2, 0.25) is 11.8 Å². The molecule has 6 heteroatoms. The summed E-state index contributed by atoms with van der Waals surface area (Å²) in [6, 6.07) is 15.1. The summed E-state index contributed by atoms with van der Waals surface area (Å²) in [5.41, 5.74) is 3.25. The Morgan fingerprint density at radius 2 is 1.81 bits per heavy atom. The van der Waals surface area contributed by atoms with Crippen LogP contribution < -0.4 is 15.5 Å². The predicted molar refractivity (Wildman–Crippen MR) is 121 cm³/mol. The molecule has 2 fully saturated rings. The molecular formula is C25H29N3O3. The van der Waals surface area contributed by atoms with Gasteiger partial charge >= 0.3 is 0 Å². The summed E-state index contributed by atoms with van der Waals surface area (Å²) in [4.78, 5) is 39.4. The predicted octanol–water partition coefficient (Wildman–Crippen LogP) is 4.08. The van der Waals surface area contributed by atoms with Crippen molar-refractivity contribution >= 4 is 29.1 Å². The van der Waals surface area contributed by atoms with Gasteiger partial charge in [-0.25, -0.2) is 0 Å². The van der Waals surface area contributed by atoms with E-state index in [2.05, 4.69) is 30.5 Å². The number of amides is 3. The van der Waals surface area contributed by atoms with Gasteiger partial charge in [-0.3, -0.25) is 14.4 Å². The average molecular weight is 420 g/mol. The van der Waals surface area contributed by atoms with E-state index >= 15 is 0 Å². The number of benzene rings is 2. The lowest BCUT2D eigenvalue weighted by Gasteiger charge is -2.23. The second-order valence-electron chi connectivity index (χ2n) is 8.59. The maximum Gasteiger partial charge on any atom is 0.251 e. The Labute approximate surface area is 183 Å². The molecule has 2 unspecified atom stereocenters. The van der Waals surface area contributed by atoms with E-state index in [9.17, 15) is 14.4 Å². The highest BCUT2D eigenvalue weighted by Gasteiger charge is 2.36. The maximum absolute atomic E-state index is 12.8. The highest BCUT2D eigenvalue weighted by atomic mass is 16.2. The number of rotatable bonds is 7. The van der Waals surface area contributed by atoms with Crippen LogP contribution in [-0.2, 0) is 9.59 Å². The number of nitrogens with zero attached hydrogens (tertiary/aromatic N) is 1. The van der Waals surface area contributed by atoms with E-state index in [1.807, 2.05) is 18.2 Å². The van der Waals surface area contributed by atoms with Crippen molar-refractivity contribution in [2.75, 3.05) is 16.8 Å². The molecule has 1 saturated heterocycles. The molecule has 4 rings (SSSR count). The zero-order valence-electron chi connectivity index (χ0n) is 18.1. The Morgan fingerprint density at radius 1 is 1.10 bits per heavy atom. The fourth-order valence-corrected chi connectivity index (χ4v) is 3.93. The largest absolute Gasteiger partial charge is 0.349 e. The van der Waals surface area contributed by atoms with Gasteiger partial charge in [-0.05, 0) is 61.1 Å². The van der Waals surface area contributed by atoms with Crippen LogP contribution in [0.4, 0.5) is 11.4 Å². The van der Waals surface area contributed by atoms with E-state index in [1.165, 1.54) is 0 Å². The third-order valence-electron chi connectivity index (χ3n) is 6.19. The van der Waals surface area contributed by atoms with E-state index in [1.54, 1.807) is 29.2 Å². The number of para-hydroxylation sites is 1. The summed E-state index contributed by atoms with van der Waals surface area (Å²) in [6.45, 7) is 4.66. The molecule has 0 bridgehead atoms. The van der Waals surface area contributed by atoms with Crippen LogP contribution in [-0.4, -0.2) is 30.3 Å². The smallest absolute Gasteiger partial charge is 0.251 e. The first kappa shape index (κ1) is 21.1. The summed E-state index contributed by atoms with van der Waals surface area (Å²) in [7, 11) is 0. The topological polar surface area (TPSA) is 78.5 Å². The van der Waals surface area contributed by atoms with Crippen molar-refractivity contribution in [2.24, 2.45) is 5.92 Å². The number of carbonyl (C=O) groups is 3. The molecule has 2 atom stereocenters. The van der Waals surface area contributed by atoms with E-state index < -0.39 is 5.92 Å². The first-order valence-electron chi connectivity index (χ1n) is 11.1. The molecule has 0 spiro atoms. The molecule has 2 aliphatic rings. The number of hydrogen-bond donors (Lipinski definition) is 2. The fraction of sp³-hybridized carbons (Fsp3) is 0.400. The van der Waals surface area contributed by atoms with Gasteiger partial charge in [0.1, 0.15) is 0 Å². The van der Waals surface area contributed by atoms with Crippen LogP contribution >= 0.6 is 0 Å². The normalized spacial score (nSPS) is 19.2. The minimum atomic E-state index is -0.407. The van der Waals surface area contributed by atoms with Crippen LogP contribution in [0.25, 0.3) is 0 Å². The summed E-state index contributed by atoms with van der Waals surface area (Å²) >= 11 is 0. The standard InChI is InChI=1S/C25H29N3O3/c1-3-16(2)21-6-4-5-7-22(21)28-15-18(14-23(28)29)25(31)27-19-10-8-17(9-11-19)24(30)26-20-12-13-20/h4-11,16,18,20H,3,12-15H2,1-2H3,(H,26,30)(H,27,31). The zero-order valence-corrected chi connectivity index (χ0v) is 18.1. The van der Waals surface area contributed by atoms with Gasteiger partial charge in [0.25, 0.3) is 5.91 Å². The SMILES string of the molecule is CCC(C)c1ccccc1N1CC(C(=O)Nc2ccc(C(=O)NC3CC3)cc2)CC1=O. The zero-order chi connectivity index (χ0) is 22.0. The quantitative estimate of drug-likeness (QED) is 0.710. The highest BCUT2D eigenvalue weighted by Crippen LogP contribution is 2.33. The Kier molecular flexibility index (Phi) is 6.07. The molecule has 1 aliphatic heterocycles. The fourth-order valence-electron chi connectivity index (χ4n) is 3.93. The first-order valence-corrected chi connectivity index (χ1v) is 11.1. The second-order valence-corrected chi connectivity index (χ2v) is 8.59. The van der Waals surface area contributed by atoms with Gasteiger partial charge in [0, 0.05) is 35.9 Å². The Balaban J connectivity index is 1.40. The van der Waals surface area contributed by atoms with Gasteiger partial charge in [-0.1, -0.05) is 32.0 Å². The van der Waals surface area contributed by atoms with Crippen LogP contribution in [0.3, 0.4) is 0 Å². The molecule has 1 aliphatic carbocycles. The Morgan fingerprint density at radius 3 is 2.48 bits per heavy atom. The molecule has 0 radical (unpaired) electrons. The maximum atomic E-state index is 12.8. The molecular weight excluding hydrogens is 390 g/mol. The molecule has 0 aromatic heterocycles. The lowest BCUT2D eigenvalue weighted by Crippen LogP contribution is -2.29. The van der Waals surface area contributed by atoms with Crippen LogP contribution in [0, 0.1) is 5.92 Å². The average Bonchev–Trinajstić information content (AvgIpc) is 3.51. The van der Waals surface area contributed by atoms with E-state index in [0.29, 0.717) is 29.8 Å². The first-order chi connectivity index (χ1) is 15.0. The van der Waals surface area contributed by atoms with E-state index in [4.69, 9.17) is 0 Å². The van der Waals surface area contributed by atoms with Crippen LogP contribution in [0.2, 0.25) is 0 Å². The van der Waals surface area contributed by atoms with Crippen molar-refractivity contribution in [2.45, 2.75) is 51.5 Å². The Bertz CT molecular complexity index is 982. The van der Waals surface area contributed by atoms with Gasteiger partial charge < -0.3 is 15.5 Å². The van der Waals surface area contributed by atoms with Crippen molar-refractivity contribution in [3.05, 3.63) is 59.7 Å². The van der Waals surface area contributed by atoms with Gasteiger partial charge in [0.05, 0.1) is 5.92 Å². The molecule has 6 nitrogen and oxygen atoms in total. The molecule has 31 heavy (non-hydrogen) atoms. The summed E-state index contributed by atoms with van der Waals surface area (Å²) in [6.07, 6.45) is 3.26. The Hall–Kier alpha value is -3.15. The molecule has 1 heterocycles. The third kappa shape index (κ3) is 4.79. The van der Waals surface area contributed by atoms with E-state index in [-0.39, 0.29) is 24.1 Å². The lowest BCUT2D eigenvalue weighted by molar-refractivity contribution is -0.122.